The molecule has 1 atom stereocenters. The number of fused-ring (bicyclic) bond motifs is 2. The van der Waals surface area contributed by atoms with Crippen LogP contribution in [-0.4, -0.2) is 13.1 Å². The van der Waals surface area contributed by atoms with E-state index >= 15 is 0 Å². The molecule has 34 heavy (non-hydrogen) atoms. The zero-order chi connectivity index (χ0) is 23.7. The molecule has 1 aliphatic rings. The average Bonchev–Trinajstić information content (AvgIpc) is 2.87. The molecule has 6 nitrogen and oxygen atoms in total. The van der Waals surface area contributed by atoms with Gasteiger partial charge in [0.2, 0.25) is 5.88 Å². The predicted octanol–water partition coefficient (Wildman–Crippen LogP) is 5.29. The molecule has 0 aliphatic carbocycles. The molecule has 166 valence electrons. The van der Waals surface area contributed by atoms with Gasteiger partial charge in [-0.1, -0.05) is 54.6 Å². The summed E-state index contributed by atoms with van der Waals surface area (Å²) < 4.78 is 16.7. The highest BCUT2D eigenvalue weighted by molar-refractivity contribution is 6.05. The minimum absolute atomic E-state index is 0.0216. The summed E-state index contributed by atoms with van der Waals surface area (Å²) in [5.41, 5.74) is 8.50. The summed E-state index contributed by atoms with van der Waals surface area (Å²) in [7, 11) is 1.60. The van der Waals surface area contributed by atoms with Gasteiger partial charge in [-0.3, -0.25) is 0 Å². The molecule has 0 amide bonds. The second-order valence-electron chi connectivity index (χ2n) is 7.81. The lowest BCUT2D eigenvalue weighted by Gasteiger charge is -2.26. The minimum atomic E-state index is -0.472. The molecule has 0 spiro atoms. The van der Waals surface area contributed by atoms with Crippen LogP contribution in [0.3, 0.4) is 0 Å². The van der Waals surface area contributed by atoms with Gasteiger partial charge in [0.05, 0.1) is 18.6 Å². The van der Waals surface area contributed by atoms with Crippen LogP contribution in [0.25, 0.3) is 10.8 Å². The van der Waals surface area contributed by atoms with Gasteiger partial charge in [0, 0.05) is 11.6 Å². The Bertz CT molecular complexity index is 1480. The van der Waals surface area contributed by atoms with E-state index in [0.717, 1.165) is 21.9 Å². The summed E-state index contributed by atoms with van der Waals surface area (Å²) in [5.74, 6) is 0.595. The van der Waals surface area contributed by atoms with Gasteiger partial charge < -0.3 is 19.9 Å². The monoisotopic (exact) mass is 448 g/mol. The molecule has 6 heteroatoms. The van der Waals surface area contributed by atoms with E-state index in [9.17, 15) is 10.1 Å². The fourth-order valence-electron chi connectivity index (χ4n) is 4.20. The van der Waals surface area contributed by atoms with Crippen LogP contribution in [0.5, 0.6) is 17.2 Å². The average molecular weight is 448 g/mol. The Balaban J connectivity index is 1.49. The van der Waals surface area contributed by atoms with Crippen molar-refractivity contribution >= 4 is 16.7 Å². The van der Waals surface area contributed by atoms with Crippen LogP contribution >= 0.6 is 0 Å². The number of hydrogen-bond acceptors (Lipinski definition) is 6. The van der Waals surface area contributed by atoms with Crippen molar-refractivity contribution in [2.24, 2.45) is 5.73 Å². The molecule has 4 aromatic carbocycles. The third-order valence-electron chi connectivity index (χ3n) is 5.86. The van der Waals surface area contributed by atoms with Crippen LogP contribution in [0.15, 0.2) is 96.4 Å². The highest BCUT2D eigenvalue weighted by Gasteiger charge is 2.31. The maximum atomic E-state index is 13.0. The molecule has 4 aromatic rings. The zero-order valence-corrected chi connectivity index (χ0v) is 18.3. The summed E-state index contributed by atoms with van der Waals surface area (Å²) in [5, 5.41) is 11.5. The smallest absolute Gasteiger partial charge is 0.344 e. The van der Waals surface area contributed by atoms with E-state index in [1.807, 2.05) is 60.7 Å². The number of rotatable bonds is 4. The van der Waals surface area contributed by atoms with Crippen molar-refractivity contribution in [1.82, 2.24) is 0 Å². The van der Waals surface area contributed by atoms with E-state index < -0.39 is 11.9 Å². The Morgan fingerprint density at radius 2 is 1.71 bits per heavy atom. The van der Waals surface area contributed by atoms with Gasteiger partial charge in [-0.05, 0) is 40.6 Å². The molecule has 2 N–H and O–H groups in total. The highest BCUT2D eigenvalue weighted by atomic mass is 16.5. The van der Waals surface area contributed by atoms with Crippen molar-refractivity contribution in [1.29, 1.82) is 5.26 Å². The van der Waals surface area contributed by atoms with Crippen LogP contribution in [0.1, 0.15) is 27.4 Å². The van der Waals surface area contributed by atoms with Crippen LogP contribution < -0.4 is 19.9 Å². The van der Waals surface area contributed by atoms with E-state index in [1.54, 1.807) is 31.4 Å². The third kappa shape index (κ3) is 3.70. The number of hydrogen-bond donors (Lipinski definition) is 1. The number of nitrogens with two attached hydrogens (primary N) is 1. The van der Waals surface area contributed by atoms with E-state index in [-0.39, 0.29) is 5.88 Å². The first-order valence-electron chi connectivity index (χ1n) is 10.6. The largest absolute Gasteiger partial charge is 0.497 e. The maximum absolute atomic E-state index is 13.0. The van der Waals surface area contributed by atoms with Crippen LogP contribution in [0.2, 0.25) is 0 Å². The van der Waals surface area contributed by atoms with Gasteiger partial charge in [-0.15, -0.1) is 0 Å². The zero-order valence-electron chi connectivity index (χ0n) is 18.3. The number of nitrogens with zero attached hydrogens (tertiary/aromatic N) is 1. The molecule has 0 bridgehead atoms. The second kappa shape index (κ2) is 8.64. The van der Waals surface area contributed by atoms with Crippen molar-refractivity contribution in [3.8, 4) is 23.3 Å². The summed E-state index contributed by atoms with van der Waals surface area (Å²) >= 11 is 0. The van der Waals surface area contributed by atoms with Crippen molar-refractivity contribution in [3.05, 3.63) is 113 Å². The third-order valence-corrected chi connectivity index (χ3v) is 5.86. The van der Waals surface area contributed by atoms with Crippen LogP contribution in [-0.2, 0) is 0 Å². The van der Waals surface area contributed by atoms with Crippen molar-refractivity contribution in [2.45, 2.75) is 5.92 Å². The van der Waals surface area contributed by atoms with E-state index in [0.29, 0.717) is 28.4 Å². The van der Waals surface area contributed by atoms with Crippen LogP contribution in [0.4, 0.5) is 0 Å². The number of benzene rings is 4. The molecule has 0 radical (unpaired) electrons. The number of ether oxygens (including phenoxy) is 3. The summed E-state index contributed by atoms with van der Waals surface area (Å²) in [4.78, 5) is 13.0. The second-order valence-corrected chi connectivity index (χ2v) is 7.81. The number of allylic oxidation sites excluding steroid dienone is 1. The number of methoxy groups -OCH3 is 1. The van der Waals surface area contributed by atoms with Crippen molar-refractivity contribution in [2.75, 3.05) is 7.11 Å². The topological polar surface area (TPSA) is 94.6 Å². The standard InChI is InChI=1S/C28H20N2O4/c1-32-19-11-9-18(10-12-19)26-23-14-13-20(15-25(23)34-27(30)24(26)16-29)33-28(31)22-8-4-6-17-5-2-3-7-21(17)22/h2-15,26H,30H2,1H3. The summed E-state index contributed by atoms with van der Waals surface area (Å²) in [6.07, 6.45) is 0. The van der Waals surface area contributed by atoms with Gasteiger partial charge in [0.25, 0.3) is 0 Å². The Morgan fingerprint density at radius 1 is 0.971 bits per heavy atom. The fourth-order valence-corrected chi connectivity index (χ4v) is 4.20. The summed E-state index contributed by atoms with van der Waals surface area (Å²) in [6.45, 7) is 0. The van der Waals surface area contributed by atoms with Gasteiger partial charge in [0.15, 0.2) is 0 Å². The Morgan fingerprint density at radius 3 is 2.47 bits per heavy atom. The Hall–Kier alpha value is -4.76. The molecular formula is C28H20N2O4. The lowest BCUT2D eigenvalue weighted by atomic mass is 9.83. The molecule has 1 unspecified atom stereocenters. The maximum Gasteiger partial charge on any atom is 0.344 e. The number of esters is 1. The molecule has 0 fully saturated rings. The van der Waals surface area contributed by atoms with Crippen molar-refractivity contribution < 1.29 is 19.0 Å². The quantitative estimate of drug-likeness (QED) is 0.337. The fraction of sp³-hybridized carbons (Fsp3) is 0.0714. The molecule has 1 heterocycles. The Labute approximate surface area is 196 Å². The first-order chi connectivity index (χ1) is 16.6. The highest BCUT2D eigenvalue weighted by Crippen LogP contribution is 2.43. The molecule has 0 saturated carbocycles. The summed E-state index contributed by atoms with van der Waals surface area (Å²) in [6, 6.07) is 27.8. The van der Waals surface area contributed by atoms with E-state index in [2.05, 4.69) is 6.07 Å². The molecule has 5 rings (SSSR count). The van der Waals surface area contributed by atoms with Gasteiger partial charge in [0.1, 0.15) is 28.9 Å². The first kappa shape index (κ1) is 21.1. The molecule has 0 saturated heterocycles. The number of carbonyl (C=O) groups is 1. The number of carbonyl (C=O) groups excluding carboxylic acids is 1. The van der Waals surface area contributed by atoms with E-state index in [4.69, 9.17) is 19.9 Å². The predicted molar refractivity (Wildman–Crippen MR) is 128 cm³/mol. The normalized spacial score (nSPS) is 14.6. The van der Waals surface area contributed by atoms with Crippen molar-refractivity contribution in [3.63, 3.8) is 0 Å². The SMILES string of the molecule is COc1ccc(C2C(C#N)=C(N)Oc3cc(OC(=O)c4cccc5ccccc45)ccc32)cc1. The minimum Gasteiger partial charge on any atom is -0.497 e. The van der Waals surface area contributed by atoms with Crippen LogP contribution in [0, 0.1) is 11.3 Å². The number of nitriles is 1. The lowest BCUT2D eigenvalue weighted by molar-refractivity contribution is 0.0736. The molecule has 0 aromatic heterocycles. The lowest BCUT2D eigenvalue weighted by Crippen LogP contribution is -2.21. The van der Waals surface area contributed by atoms with Gasteiger partial charge >= 0.3 is 5.97 Å². The van der Waals surface area contributed by atoms with E-state index in [1.165, 1.54) is 0 Å². The van der Waals surface area contributed by atoms with Gasteiger partial charge in [-0.25, -0.2) is 4.79 Å². The molecule has 1 aliphatic heterocycles. The van der Waals surface area contributed by atoms with Gasteiger partial charge in [-0.2, -0.15) is 5.26 Å². The first-order valence-corrected chi connectivity index (χ1v) is 10.6. The Kier molecular flexibility index (Phi) is 5.36. The molecular weight excluding hydrogens is 428 g/mol.